The van der Waals surface area contributed by atoms with Crippen molar-refractivity contribution in [3.63, 3.8) is 0 Å². The van der Waals surface area contributed by atoms with Gasteiger partial charge in [0, 0.05) is 16.7 Å². The molecule has 1 aliphatic heterocycles. The molecular weight excluding hydrogens is 318 g/mol. The summed E-state index contributed by atoms with van der Waals surface area (Å²) in [6, 6.07) is 7.68. The molecule has 1 saturated heterocycles. The van der Waals surface area contributed by atoms with Gasteiger partial charge in [0.15, 0.2) is 0 Å². The van der Waals surface area contributed by atoms with Gasteiger partial charge in [0.2, 0.25) is 5.91 Å². The number of hydrogen-bond acceptors (Lipinski definition) is 3. The van der Waals surface area contributed by atoms with Crippen LogP contribution in [0.3, 0.4) is 0 Å². The highest BCUT2D eigenvalue weighted by molar-refractivity contribution is 9.10. The molecule has 1 atom stereocenters. The van der Waals surface area contributed by atoms with E-state index in [0.717, 1.165) is 15.7 Å². The zero-order valence-corrected chi connectivity index (χ0v) is 13.5. The molecule has 1 aromatic carbocycles. The highest BCUT2D eigenvalue weighted by Crippen LogP contribution is 2.33. The molecule has 2 rings (SSSR count). The van der Waals surface area contributed by atoms with Gasteiger partial charge in [0.25, 0.3) is 0 Å². The topological polar surface area (TPSA) is 56.1 Å². The van der Waals surface area contributed by atoms with Crippen LogP contribution in [0, 0.1) is 18.3 Å². The first-order valence-electron chi connectivity index (χ1n) is 6.57. The van der Waals surface area contributed by atoms with Gasteiger partial charge in [0.1, 0.15) is 6.04 Å². The van der Waals surface area contributed by atoms with E-state index in [9.17, 15) is 4.79 Å². The van der Waals surface area contributed by atoms with Crippen molar-refractivity contribution >= 4 is 27.5 Å². The Kier molecular flexibility index (Phi) is 4.05. The van der Waals surface area contributed by atoms with Crippen molar-refractivity contribution in [3.8, 4) is 6.07 Å². The Morgan fingerprint density at radius 1 is 1.55 bits per heavy atom. The molecule has 1 aromatic rings. The predicted octanol–water partition coefficient (Wildman–Crippen LogP) is 2.75. The van der Waals surface area contributed by atoms with Gasteiger partial charge < -0.3 is 10.2 Å². The third-order valence-corrected chi connectivity index (χ3v) is 4.16. The molecule has 0 saturated carbocycles. The summed E-state index contributed by atoms with van der Waals surface area (Å²) in [7, 11) is 0. The lowest BCUT2D eigenvalue weighted by molar-refractivity contribution is -0.124. The van der Waals surface area contributed by atoms with Crippen LogP contribution < -0.4 is 10.2 Å². The predicted molar refractivity (Wildman–Crippen MR) is 82.5 cm³/mol. The average Bonchev–Trinajstić information content (AvgIpc) is 2.36. The van der Waals surface area contributed by atoms with E-state index in [-0.39, 0.29) is 17.9 Å². The van der Waals surface area contributed by atoms with Crippen LogP contribution in [-0.4, -0.2) is 24.0 Å². The number of piperazine rings is 1. The van der Waals surface area contributed by atoms with Crippen molar-refractivity contribution in [1.29, 1.82) is 5.26 Å². The molecule has 0 aliphatic carbocycles. The molecule has 106 valence electrons. The molecule has 20 heavy (non-hydrogen) atoms. The molecule has 1 aliphatic rings. The summed E-state index contributed by atoms with van der Waals surface area (Å²) >= 11 is 3.46. The van der Waals surface area contributed by atoms with Crippen LogP contribution in [0.4, 0.5) is 5.69 Å². The van der Waals surface area contributed by atoms with Gasteiger partial charge in [-0.15, -0.1) is 0 Å². The zero-order valence-electron chi connectivity index (χ0n) is 11.9. The van der Waals surface area contributed by atoms with Gasteiger partial charge in [-0.25, -0.2) is 0 Å². The molecular formula is C15H18BrN3O. The number of carbonyl (C=O) groups excluding carboxylic acids is 1. The fourth-order valence-electron chi connectivity index (χ4n) is 2.70. The third-order valence-electron chi connectivity index (χ3n) is 3.66. The van der Waals surface area contributed by atoms with Gasteiger partial charge in [-0.05, 0) is 44.5 Å². The van der Waals surface area contributed by atoms with Crippen LogP contribution in [0.1, 0.15) is 25.8 Å². The average molecular weight is 336 g/mol. The Morgan fingerprint density at radius 2 is 2.25 bits per heavy atom. The van der Waals surface area contributed by atoms with Gasteiger partial charge in [-0.1, -0.05) is 15.9 Å². The van der Waals surface area contributed by atoms with E-state index in [2.05, 4.69) is 46.1 Å². The standard InChI is InChI=1S/C15H18BrN3O/c1-10-8-11(16)4-5-12(10)19-13(6-7-17)14(20)18-9-15(19,2)3/h4-5,8,13H,6,9H2,1-3H3,(H,18,20). The second kappa shape index (κ2) is 5.45. The van der Waals surface area contributed by atoms with E-state index in [1.807, 2.05) is 25.1 Å². The van der Waals surface area contributed by atoms with E-state index in [1.165, 1.54) is 0 Å². The van der Waals surface area contributed by atoms with Crippen molar-refractivity contribution in [2.75, 3.05) is 11.4 Å². The smallest absolute Gasteiger partial charge is 0.243 e. The van der Waals surface area contributed by atoms with E-state index in [0.29, 0.717) is 6.54 Å². The van der Waals surface area contributed by atoms with E-state index < -0.39 is 6.04 Å². The molecule has 0 radical (unpaired) electrons. The molecule has 1 heterocycles. The maximum Gasteiger partial charge on any atom is 0.243 e. The lowest BCUT2D eigenvalue weighted by Crippen LogP contribution is -2.66. The van der Waals surface area contributed by atoms with E-state index in [4.69, 9.17) is 5.26 Å². The van der Waals surface area contributed by atoms with Gasteiger partial charge in [-0.2, -0.15) is 5.26 Å². The minimum Gasteiger partial charge on any atom is -0.352 e. The van der Waals surface area contributed by atoms with Crippen LogP contribution in [0.5, 0.6) is 0 Å². The molecule has 0 spiro atoms. The molecule has 0 bridgehead atoms. The van der Waals surface area contributed by atoms with Crippen molar-refractivity contribution in [3.05, 3.63) is 28.2 Å². The van der Waals surface area contributed by atoms with Crippen LogP contribution >= 0.6 is 15.9 Å². The first-order valence-corrected chi connectivity index (χ1v) is 7.36. The Bertz CT molecular complexity index is 577. The summed E-state index contributed by atoms with van der Waals surface area (Å²) in [5.41, 5.74) is 1.87. The van der Waals surface area contributed by atoms with Gasteiger partial charge >= 0.3 is 0 Å². The largest absolute Gasteiger partial charge is 0.352 e. The summed E-state index contributed by atoms with van der Waals surface area (Å²) in [5.74, 6) is -0.0757. The summed E-state index contributed by atoms with van der Waals surface area (Å²) in [6.45, 7) is 6.76. The molecule has 1 fully saturated rings. The van der Waals surface area contributed by atoms with Crippen molar-refractivity contribution in [2.45, 2.75) is 38.8 Å². The van der Waals surface area contributed by atoms with Crippen LogP contribution in [0.25, 0.3) is 0 Å². The number of rotatable bonds is 2. The second-order valence-corrected chi connectivity index (χ2v) is 6.62. The van der Waals surface area contributed by atoms with Gasteiger partial charge in [-0.3, -0.25) is 4.79 Å². The Morgan fingerprint density at radius 3 is 2.85 bits per heavy atom. The van der Waals surface area contributed by atoms with Crippen molar-refractivity contribution in [1.82, 2.24) is 5.32 Å². The number of nitrogens with zero attached hydrogens (tertiary/aromatic N) is 2. The highest BCUT2D eigenvalue weighted by Gasteiger charge is 2.41. The van der Waals surface area contributed by atoms with Crippen LogP contribution in [0.15, 0.2) is 22.7 Å². The lowest BCUT2D eigenvalue weighted by atomic mass is 9.92. The number of amides is 1. The first-order chi connectivity index (χ1) is 9.36. The Labute approximate surface area is 127 Å². The molecule has 5 heteroatoms. The zero-order chi connectivity index (χ0) is 14.9. The van der Waals surface area contributed by atoms with E-state index >= 15 is 0 Å². The fourth-order valence-corrected chi connectivity index (χ4v) is 3.17. The lowest BCUT2D eigenvalue weighted by Gasteiger charge is -2.48. The molecule has 1 unspecified atom stereocenters. The van der Waals surface area contributed by atoms with Crippen LogP contribution in [0.2, 0.25) is 0 Å². The normalized spacial score (nSPS) is 21.2. The fraction of sp³-hybridized carbons (Fsp3) is 0.467. The minimum absolute atomic E-state index is 0.0757. The number of anilines is 1. The molecule has 1 N–H and O–H groups in total. The summed E-state index contributed by atoms with van der Waals surface area (Å²) in [5, 5.41) is 11.9. The maximum absolute atomic E-state index is 12.1. The number of carbonyl (C=O) groups is 1. The van der Waals surface area contributed by atoms with Crippen molar-refractivity contribution < 1.29 is 4.79 Å². The highest BCUT2D eigenvalue weighted by atomic mass is 79.9. The monoisotopic (exact) mass is 335 g/mol. The number of hydrogen-bond donors (Lipinski definition) is 1. The number of halogens is 1. The Hall–Kier alpha value is -1.54. The quantitative estimate of drug-likeness (QED) is 0.904. The number of aryl methyl sites for hydroxylation is 1. The number of nitriles is 1. The van der Waals surface area contributed by atoms with E-state index in [1.54, 1.807) is 0 Å². The Balaban J connectivity index is 2.51. The second-order valence-electron chi connectivity index (χ2n) is 5.71. The molecule has 4 nitrogen and oxygen atoms in total. The maximum atomic E-state index is 12.1. The number of nitrogens with one attached hydrogen (secondary N) is 1. The minimum atomic E-state index is -0.441. The summed E-state index contributed by atoms with van der Waals surface area (Å²) in [4.78, 5) is 14.2. The SMILES string of the molecule is Cc1cc(Br)ccc1N1C(CC#N)C(=O)NCC1(C)C. The molecule has 1 amide bonds. The first kappa shape index (κ1) is 14.9. The number of benzene rings is 1. The summed E-state index contributed by atoms with van der Waals surface area (Å²) in [6.07, 6.45) is 0.185. The van der Waals surface area contributed by atoms with Gasteiger partial charge in [0.05, 0.1) is 18.0 Å². The third kappa shape index (κ3) is 2.66. The van der Waals surface area contributed by atoms with Crippen molar-refractivity contribution in [2.24, 2.45) is 0 Å². The summed E-state index contributed by atoms with van der Waals surface area (Å²) < 4.78 is 1.01. The molecule has 0 aromatic heterocycles. The van der Waals surface area contributed by atoms with Crippen LogP contribution in [-0.2, 0) is 4.79 Å².